The van der Waals surface area contributed by atoms with Crippen LogP contribution in [0.5, 0.6) is 0 Å². The lowest BCUT2D eigenvalue weighted by Crippen LogP contribution is -2.02. The highest BCUT2D eigenvalue weighted by Crippen LogP contribution is 2.24. The van der Waals surface area contributed by atoms with Crippen LogP contribution < -0.4 is 5.32 Å². The SMILES string of the molecule is Cc1ccnc(Cl)c1NCc1ccc(F)c(Cl)c1. The van der Waals surface area contributed by atoms with Gasteiger partial charge in [-0.2, -0.15) is 0 Å². The fraction of sp³-hybridized carbons (Fsp3) is 0.154. The summed E-state index contributed by atoms with van der Waals surface area (Å²) < 4.78 is 13.0. The molecule has 0 aliphatic carbocycles. The van der Waals surface area contributed by atoms with Gasteiger partial charge in [0.05, 0.1) is 10.7 Å². The van der Waals surface area contributed by atoms with Gasteiger partial charge < -0.3 is 5.32 Å². The molecule has 1 aromatic carbocycles. The summed E-state index contributed by atoms with van der Waals surface area (Å²) in [6.07, 6.45) is 1.65. The molecule has 0 fully saturated rings. The third-order valence-corrected chi connectivity index (χ3v) is 3.14. The van der Waals surface area contributed by atoms with Crippen molar-refractivity contribution in [2.24, 2.45) is 0 Å². The largest absolute Gasteiger partial charge is 0.378 e. The Morgan fingerprint density at radius 2 is 2.06 bits per heavy atom. The molecule has 2 rings (SSSR count). The third kappa shape index (κ3) is 2.92. The molecule has 18 heavy (non-hydrogen) atoms. The minimum atomic E-state index is -0.420. The Labute approximate surface area is 115 Å². The zero-order chi connectivity index (χ0) is 13.1. The zero-order valence-electron chi connectivity index (χ0n) is 9.67. The minimum absolute atomic E-state index is 0.114. The van der Waals surface area contributed by atoms with Crippen molar-refractivity contribution in [1.82, 2.24) is 4.98 Å². The topological polar surface area (TPSA) is 24.9 Å². The lowest BCUT2D eigenvalue weighted by molar-refractivity contribution is 0.627. The quantitative estimate of drug-likeness (QED) is 0.843. The summed E-state index contributed by atoms with van der Waals surface area (Å²) in [5, 5.41) is 3.70. The van der Waals surface area contributed by atoms with Crippen LogP contribution in [-0.2, 0) is 6.54 Å². The maximum Gasteiger partial charge on any atom is 0.152 e. The average Bonchev–Trinajstić information content (AvgIpc) is 2.33. The normalized spacial score (nSPS) is 10.4. The van der Waals surface area contributed by atoms with Crippen LogP contribution in [0.15, 0.2) is 30.5 Å². The van der Waals surface area contributed by atoms with Gasteiger partial charge in [0.2, 0.25) is 0 Å². The van der Waals surface area contributed by atoms with E-state index in [4.69, 9.17) is 23.2 Å². The molecule has 0 bridgehead atoms. The van der Waals surface area contributed by atoms with Gasteiger partial charge in [-0.1, -0.05) is 29.3 Å². The molecule has 0 aliphatic rings. The van der Waals surface area contributed by atoms with Gasteiger partial charge in [0.15, 0.2) is 5.15 Å². The monoisotopic (exact) mass is 284 g/mol. The second-order valence-electron chi connectivity index (χ2n) is 3.90. The number of nitrogens with one attached hydrogen (secondary N) is 1. The van der Waals surface area contributed by atoms with Gasteiger partial charge in [0.1, 0.15) is 5.82 Å². The van der Waals surface area contributed by atoms with Gasteiger partial charge in [-0.05, 0) is 36.2 Å². The van der Waals surface area contributed by atoms with Gasteiger partial charge in [-0.15, -0.1) is 0 Å². The molecular formula is C13H11Cl2FN2. The number of anilines is 1. The van der Waals surface area contributed by atoms with Gasteiger partial charge in [-0.25, -0.2) is 9.37 Å². The van der Waals surface area contributed by atoms with Crippen LogP contribution in [0.1, 0.15) is 11.1 Å². The van der Waals surface area contributed by atoms with Crippen LogP contribution in [0.25, 0.3) is 0 Å². The molecule has 5 heteroatoms. The van der Waals surface area contributed by atoms with E-state index in [0.717, 1.165) is 16.8 Å². The van der Waals surface area contributed by atoms with E-state index in [-0.39, 0.29) is 5.02 Å². The first kappa shape index (κ1) is 13.1. The van der Waals surface area contributed by atoms with Gasteiger partial charge in [-0.3, -0.25) is 0 Å². The molecule has 1 aromatic heterocycles. The highest BCUT2D eigenvalue weighted by Gasteiger charge is 2.05. The van der Waals surface area contributed by atoms with Gasteiger partial charge in [0, 0.05) is 12.7 Å². The first-order valence-electron chi connectivity index (χ1n) is 5.37. The Morgan fingerprint density at radius 1 is 1.28 bits per heavy atom. The molecule has 0 radical (unpaired) electrons. The summed E-state index contributed by atoms with van der Waals surface area (Å²) in [5.41, 5.74) is 2.66. The van der Waals surface area contributed by atoms with Crippen molar-refractivity contribution in [2.75, 3.05) is 5.32 Å². The van der Waals surface area contributed by atoms with E-state index < -0.39 is 5.82 Å². The number of nitrogens with zero attached hydrogens (tertiary/aromatic N) is 1. The van der Waals surface area contributed by atoms with E-state index in [2.05, 4.69) is 10.3 Å². The number of rotatable bonds is 3. The lowest BCUT2D eigenvalue weighted by Gasteiger charge is -2.10. The molecule has 0 atom stereocenters. The zero-order valence-corrected chi connectivity index (χ0v) is 11.2. The molecule has 0 saturated heterocycles. The molecular weight excluding hydrogens is 274 g/mol. The molecule has 94 valence electrons. The van der Waals surface area contributed by atoms with Gasteiger partial charge >= 0.3 is 0 Å². The lowest BCUT2D eigenvalue weighted by atomic mass is 10.2. The molecule has 0 spiro atoms. The van der Waals surface area contributed by atoms with Crippen molar-refractivity contribution < 1.29 is 4.39 Å². The van der Waals surface area contributed by atoms with Crippen molar-refractivity contribution in [3.63, 3.8) is 0 Å². The summed E-state index contributed by atoms with van der Waals surface area (Å²) >= 11 is 11.7. The number of benzene rings is 1. The summed E-state index contributed by atoms with van der Waals surface area (Å²) in [4.78, 5) is 4.00. The maximum atomic E-state index is 13.0. The number of aryl methyl sites for hydroxylation is 1. The molecule has 0 unspecified atom stereocenters. The van der Waals surface area contributed by atoms with E-state index in [1.807, 2.05) is 13.0 Å². The van der Waals surface area contributed by atoms with Crippen molar-refractivity contribution in [2.45, 2.75) is 13.5 Å². The Morgan fingerprint density at radius 3 is 2.72 bits per heavy atom. The Balaban J connectivity index is 2.14. The number of hydrogen-bond donors (Lipinski definition) is 1. The van der Waals surface area contributed by atoms with E-state index >= 15 is 0 Å². The minimum Gasteiger partial charge on any atom is -0.378 e. The summed E-state index contributed by atoms with van der Waals surface area (Å²) in [6, 6.07) is 6.47. The van der Waals surface area contributed by atoms with Crippen molar-refractivity contribution >= 4 is 28.9 Å². The van der Waals surface area contributed by atoms with Crippen molar-refractivity contribution in [3.8, 4) is 0 Å². The maximum absolute atomic E-state index is 13.0. The fourth-order valence-electron chi connectivity index (χ4n) is 1.58. The van der Waals surface area contributed by atoms with Crippen LogP contribution in [0, 0.1) is 12.7 Å². The molecule has 2 nitrogen and oxygen atoms in total. The number of hydrogen-bond acceptors (Lipinski definition) is 2. The predicted octanol–water partition coefficient (Wildman–Crippen LogP) is 4.45. The van der Waals surface area contributed by atoms with Crippen LogP contribution in [0.2, 0.25) is 10.2 Å². The highest BCUT2D eigenvalue weighted by molar-refractivity contribution is 6.32. The van der Waals surface area contributed by atoms with E-state index in [1.165, 1.54) is 6.07 Å². The second kappa shape index (κ2) is 5.55. The Bertz CT molecular complexity index is 553. The molecule has 0 saturated carbocycles. The summed E-state index contributed by atoms with van der Waals surface area (Å²) in [6.45, 7) is 2.44. The molecule has 1 N–H and O–H groups in total. The predicted molar refractivity (Wildman–Crippen MR) is 72.7 cm³/mol. The van der Waals surface area contributed by atoms with Gasteiger partial charge in [0.25, 0.3) is 0 Å². The van der Waals surface area contributed by atoms with E-state index in [1.54, 1.807) is 18.3 Å². The summed E-state index contributed by atoms with van der Waals surface area (Å²) in [7, 11) is 0. The summed E-state index contributed by atoms with van der Waals surface area (Å²) in [5.74, 6) is -0.420. The smallest absolute Gasteiger partial charge is 0.152 e. The number of pyridine rings is 1. The highest BCUT2D eigenvalue weighted by atomic mass is 35.5. The second-order valence-corrected chi connectivity index (χ2v) is 4.66. The van der Waals surface area contributed by atoms with E-state index in [9.17, 15) is 4.39 Å². The van der Waals surface area contributed by atoms with Crippen LogP contribution in [0.3, 0.4) is 0 Å². The molecule has 0 aliphatic heterocycles. The van der Waals surface area contributed by atoms with Crippen molar-refractivity contribution in [3.05, 3.63) is 57.6 Å². The number of aromatic nitrogens is 1. The number of halogens is 3. The van der Waals surface area contributed by atoms with Crippen molar-refractivity contribution in [1.29, 1.82) is 0 Å². The third-order valence-electron chi connectivity index (χ3n) is 2.57. The van der Waals surface area contributed by atoms with E-state index in [0.29, 0.717) is 11.7 Å². The first-order valence-corrected chi connectivity index (χ1v) is 6.12. The molecule has 2 aromatic rings. The first-order chi connectivity index (χ1) is 8.58. The standard InChI is InChI=1S/C13H11Cl2FN2/c1-8-4-5-17-13(15)12(8)18-7-9-2-3-11(16)10(14)6-9/h2-6,18H,7H2,1H3. The van der Waals surface area contributed by atoms with Crippen LogP contribution >= 0.6 is 23.2 Å². The van der Waals surface area contributed by atoms with Crippen LogP contribution in [0.4, 0.5) is 10.1 Å². The Kier molecular flexibility index (Phi) is 4.04. The van der Waals surface area contributed by atoms with Crippen LogP contribution in [-0.4, -0.2) is 4.98 Å². The fourth-order valence-corrected chi connectivity index (χ4v) is 2.05. The Hall–Kier alpha value is -1.32. The molecule has 1 heterocycles. The average molecular weight is 285 g/mol. The molecule has 0 amide bonds.